The van der Waals surface area contributed by atoms with Crippen molar-refractivity contribution in [3.05, 3.63) is 34.3 Å². The van der Waals surface area contributed by atoms with Crippen molar-refractivity contribution < 1.29 is 0 Å². The molecule has 1 nitrogen and oxygen atoms in total. The fourth-order valence-electron chi connectivity index (χ4n) is 1.60. The SMILES string of the molecule is CNC(CSCC(C)C)Cc1ccc(Br)cc1. The van der Waals surface area contributed by atoms with Crippen LogP contribution in [-0.4, -0.2) is 24.6 Å². The second-order valence-electron chi connectivity index (χ2n) is 4.75. The van der Waals surface area contributed by atoms with Gasteiger partial charge in [0.15, 0.2) is 0 Å². The van der Waals surface area contributed by atoms with Gasteiger partial charge < -0.3 is 5.32 Å². The molecule has 0 saturated carbocycles. The highest BCUT2D eigenvalue weighted by molar-refractivity contribution is 9.10. The molecule has 0 aromatic heterocycles. The van der Waals surface area contributed by atoms with Crippen LogP contribution in [0.4, 0.5) is 0 Å². The number of thioether (sulfide) groups is 1. The topological polar surface area (TPSA) is 12.0 Å². The predicted octanol–water partition coefficient (Wildman–Crippen LogP) is 3.97. The number of halogens is 1. The molecule has 0 bridgehead atoms. The van der Waals surface area contributed by atoms with Crippen LogP contribution >= 0.6 is 27.7 Å². The summed E-state index contributed by atoms with van der Waals surface area (Å²) in [6.07, 6.45) is 1.11. The minimum Gasteiger partial charge on any atom is -0.316 e. The molecule has 1 N–H and O–H groups in total. The molecule has 96 valence electrons. The molecular weight excluding hydrogens is 294 g/mol. The second kappa shape index (κ2) is 8.17. The van der Waals surface area contributed by atoms with Crippen LogP contribution in [0.15, 0.2) is 28.7 Å². The molecule has 1 rings (SSSR count). The van der Waals surface area contributed by atoms with Gasteiger partial charge in [0.2, 0.25) is 0 Å². The van der Waals surface area contributed by atoms with E-state index in [0.29, 0.717) is 6.04 Å². The minimum atomic E-state index is 0.569. The van der Waals surface area contributed by atoms with Gasteiger partial charge in [-0.3, -0.25) is 0 Å². The summed E-state index contributed by atoms with van der Waals surface area (Å²) in [4.78, 5) is 0. The standard InChI is InChI=1S/C14H22BrNS/c1-11(2)9-17-10-14(16-3)8-12-4-6-13(15)7-5-12/h4-7,11,14,16H,8-10H2,1-3H3. The van der Waals surface area contributed by atoms with E-state index in [4.69, 9.17) is 0 Å². The molecule has 0 aliphatic heterocycles. The summed E-state index contributed by atoms with van der Waals surface area (Å²) in [5.41, 5.74) is 1.40. The van der Waals surface area contributed by atoms with Crippen LogP contribution in [0.5, 0.6) is 0 Å². The summed E-state index contributed by atoms with van der Waals surface area (Å²) >= 11 is 5.51. The Bertz CT molecular complexity index is 311. The summed E-state index contributed by atoms with van der Waals surface area (Å²) in [7, 11) is 2.06. The van der Waals surface area contributed by atoms with Gasteiger partial charge in [-0.1, -0.05) is 41.9 Å². The van der Waals surface area contributed by atoms with Crippen molar-refractivity contribution >= 4 is 27.7 Å². The van der Waals surface area contributed by atoms with Gasteiger partial charge in [0.05, 0.1) is 0 Å². The summed E-state index contributed by atoms with van der Waals surface area (Å²) in [5, 5.41) is 3.41. The zero-order chi connectivity index (χ0) is 12.7. The van der Waals surface area contributed by atoms with Crippen molar-refractivity contribution in [2.24, 2.45) is 5.92 Å². The van der Waals surface area contributed by atoms with Crippen molar-refractivity contribution in [1.82, 2.24) is 5.32 Å². The Balaban J connectivity index is 2.38. The van der Waals surface area contributed by atoms with E-state index in [2.05, 4.69) is 66.4 Å². The summed E-state index contributed by atoms with van der Waals surface area (Å²) < 4.78 is 1.15. The van der Waals surface area contributed by atoms with E-state index in [1.54, 1.807) is 0 Å². The molecule has 1 aromatic rings. The predicted molar refractivity (Wildman–Crippen MR) is 82.9 cm³/mol. The Labute approximate surface area is 118 Å². The van der Waals surface area contributed by atoms with Crippen LogP contribution in [0, 0.1) is 5.92 Å². The molecule has 1 aromatic carbocycles. The lowest BCUT2D eigenvalue weighted by molar-refractivity contribution is 0.616. The summed E-state index contributed by atoms with van der Waals surface area (Å²) in [5.74, 6) is 3.22. The third-order valence-corrected chi connectivity index (χ3v) is 4.64. The van der Waals surface area contributed by atoms with Crippen LogP contribution in [0.2, 0.25) is 0 Å². The van der Waals surface area contributed by atoms with Gasteiger partial charge in [0.1, 0.15) is 0 Å². The third-order valence-electron chi connectivity index (χ3n) is 2.57. The van der Waals surface area contributed by atoms with Crippen molar-refractivity contribution in [1.29, 1.82) is 0 Å². The molecule has 0 spiro atoms. The lowest BCUT2D eigenvalue weighted by atomic mass is 10.1. The Morgan fingerprint density at radius 1 is 1.18 bits per heavy atom. The van der Waals surface area contributed by atoms with Gasteiger partial charge in [-0.15, -0.1) is 0 Å². The van der Waals surface area contributed by atoms with Gasteiger partial charge in [-0.25, -0.2) is 0 Å². The van der Waals surface area contributed by atoms with Crippen LogP contribution in [0.25, 0.3) is 0 Å². The molecule has 0 amide bonds. The number of hydrogen-bond acceptors (Lipinski definition) is 2. The zero-order valence-electron chi connectivity index (χ0n) is 10.9. The van der Waals surface area contributed by atoms with Crippen LogP contribution < -0.4 is 5.32 Å². The van der Waals surface area contributed by atoms with Gasteiger partial charge in [0, 0.05) is 16.3 Å². The lowest BCUT2D eigenvalue weighted by Crippen LogP contribution is -2.30. The number of rotatable bonds is 7. The fraction of sp³-hybridized carbons (Fsp3) is 0.571. The minimum absolute atomic E-state index is 0.569. The van der Waals surface area contributed by atoms with Crippen molar-refractivity contribution in [3.63, 3.8) is 0 Å². The Hall–Kier alpha value is 0.01000. The van der Waals surface area contributed by atoms with E-state index >= 15 is 0 Å². The number of nitrogens with one attached hydrogen (secondary N) is 1. The first-order chi connectivity index (χ1) is 8.11. The number of hydrogen-bond donors (Lipinski definition) is 1. The van der Waals surface area contributed by atoms with Crippen molar-refractivity contribution in [3.8, 4) is 0 Å². The maximum absolute atomic E-state index is 3.47. The van der Waals surface area contributed by atoms with Crippen molar-refractivity contribution in [2.45, 2.75) is 26.3 Å². The average Bonchev–Trinajstić information content (AvgIpc) is 2.30. The summed E-state index contributed by atoms with van der Waals surface area (Å²) in [6, 6.07) is 9.19. The maximum Gasteiger partial charge on any atom is 0.0195 e. The molecule has 1 unspecified atom stereocenters. The molecule has 0 radical (unpaired) electrons. The zero-order valence-corrected chi connectivity index (χ0v) is 13.3. The molecule has 3 heteroatoms. The van der Waals surface area contributed by atoms with E-state index in [1.165, 1.54) is 17.1 Å². The highest BCUT2D eigenvalue weighted by Gasteiger charge is 2.07. The van der Waals surface area contributed by atoms with E-state index in [-0.39, 0.29) is 0 Å². The van der Waals surface area contributed by atoms with E-state index in [0.717, 1.165) is 16.8 Å². The van der Waals surface area contributed by atoms with Gasteiger partial charge in [-0.05, 0) is 42.8 Å². The lowest BCUT2D eigenvalue weighted by Gasteiger charge is -2.16. The molecule has 0 aliphatic rings. The quantitative estimate of drug-likeness (QED) is 0.817. The number of benzene rings is 1. The van der Waals surface area contributed by atoms with Gasteiger partial charge >= 0.3 is 0 Å². The molecule has 1 atom stereocenters. The molecule has 17 heavy (non-hydrogen) atoms. The second-order valence-corrected chi connectivity index (χ2v) is 6.74. The normalized spacial score (nSPS) is 13.0. The molecule has 0 heterocycles. The van der Waals surface area contributed by atoms with Crippen LogP contribution in [0.3, 0.4) is 0 Å². The molecule has 0 aliphatic carbocycles. The maximum atomic E-state index is 3.47. The van der Waals surface area contributed by atoms with Crippen molar-refractivity contribution in [2.75, 3.05) is 18.6 Å². The molecular formula is C14H22BrNS. The summed E-state index contributed by atoms with van der Waals surface area (Å²) in [6.45, 7) is 4.55. The van der Waals surface area contributed by atoms with Crippen LogP contribution in [0.1, 0.15) is 19.4 Å². The first-order valence-corrected chi connectivity index (χ1v) is 8.06. The molecule has 0 fully saturated rings. The molecule has 0 saturated heterocycles. The number of likely N-dealkylation sites (N-methyl/N-ethyl adjacent to an activating group) is 1. The smallest absolute Gasteiger partial charge is 0.0195 e. The van der Waals surface area contributed by atoms with Crippen LogP contribution in [-0.2, 0) is 6.42 Å². The highest BCUT2D eigenvalue weighted by atomic mass is 79.9. The average molecular weight is 316 g/mol. The monoisotopic (exact) mass is 315 g/mol. The van der Waals surface area contributed by atoms with E-state index < -0.39 is 0 Å². The largest absolute Gasteiger partial charge is 0.316 e. The van der Waals surface area contributed by atoms with Gasteiger partial charge in [0.25, 0.3) is 0 Å². The Kier molecular flexibility index (Phi) is 7.24. The van der Waals surface area contributed by atoms with Gasteiger partial charge in [-0.2, -0.15) is 11.8 Å². The highest BCUT2D eigenvalue weighted by Crippen LogP contribution is 2.14. The van der Waals surface area contributed by atoms with E-state index in [1.807, 2.05) is 11.8 Å². The Morgan fingerprint density at radius 2 is 1.82 bits per heavy atom. The Morgan fingerprint density at radius 3 is 2.35 bits per heavy atom. The first kappa shape index (κ1) is 15.1. The third kappa shape index (κ3) is 6.49. The first-order valence-electron chi connectivity index (χ1n) is 6.11. The fourth-order valence-corrected chi connectivity index (χ4v) is 3.04. The van der Waals surface area contributed by atoms with E-state index in [9.17, 15) is 0 Å².